The summed E-state index contributed by atoms with van der Waals surface area (Å²) in [5.41, 5.74) is 0.736. The van der Waals surface area contributed by atoms with E-state index in [9.17, 15) is 4.79 Å². The van der Waals surface area contributed by atoms with E-state index in [1.165, 1.54) is 0 Å². The Labute approximate surface area is 108 Å². The summed E-state index contributed by atoms with van der Waals surface area (Å²) >= 11 is 0. The fourth-order valence-electron chi connectivity index (χ4n) is 1.58. The number of hydrogen-bond acceptors (Lipinski definition) is 3. The van der Waals surface area contributed by atoms with Crippen molar-refractivity contribution in [3.05, 3.63) is 18.2 Å². The molecule has 0 atom stereocenters. The van der Waals surface area contributed by atoms with E-state index in [1.54, 1.807) is 6.07 Å². The number of nitrogens with one attached hydrogen (secondary N) is 1. The molecule has 0 aliphatic rings. The number of amides is 1. The van der Waals surface area contributed by atoms with Gasteiger partial charge in [-0.3, -0.25) is 4.79 Å². The summed E-state index contributed by atoms with van der Waals surface area (Å²) in [4.78, 5) is 11.5. The van der Waals surface area contributed by atoms with Gasteiger partial charge in [-0.15, -0.1) is 0 Å². The Morgan fingerprint density at radius 1 is 1.11 bits per heavy atom. The molecule has 1 aromatic carbocycles. The van der Waals surface area contributed by atoms with Crippen LogP contribution in [0.5, 0.6) is 11.5 Å². The van der Waals surface area contributed by atoms with Gasteiger partial charge in [0.05, 0.1) is 13.2 Å². The van der Waals surface area contributed by atoms with Crippen LogP contribution < -0.4 is 14.8 Å². The number of hydrogen-bond donors (Lipinski definition) is 1. The van der Waals surface area contributed by atoms with Crippen LogP contribution in [0.15, 0.2) is 18.2 Å². The van der Waals surface area contributed by atoms with Gasteiger partial charge in [0.15, 0.2) is 11.5 Å². The number of anilines is 1. The molecule has 0 radical (unpaired) electrons. The summed E-state index contributed by atoms with van der Waals surface area (Å²) in [5, 5.41) is 2.84. The average molecular weight is 251 g/mol. The SMILES string of the molecule is CCCC(=O)Nc1ccc(OCC)c(OCC)c1. The van der Waals surface area contributed by atoms with Crippen molar-refractivity contribution in [1.29, 1.82) is 0 Å². The van der Waals surface area contributed by atoms with Crippen molar-refractivity contribution in [2.75, 3.05) is 18.5 Å². The molecule has 0 heterocycles. The molecule has 0 saturated heterocycles. The second-order valence-electron chi connectivity index (χ2n) is 3.83. The van der Waals surface area contributed by atoms with E-state index in [1.807, 2.05) is 32.9 Å². The molecule has 100 valence electrons. The molecule has 0 aliphatic heterocycles. The number of carbonyl (C=O) groups excluding carboxylic acids is 1. The van der Waals surface area contributed by atoms with Crippen molar-refractivity contribution in [2.24, 2.45) is 0 Å². The highest BCUT2D eigenvalue weighted by Crippen LogP contribution is 2.30. The monoisotopic (exact) mass is 251 g/mol. The van der Waals surface area contributed by atoms with Crippen molar-refractivity contribution in [3.63, 3.8) is 0 Å². The fourth-order valence-corrected chi connectivity index (χ4v) is 1.58. The first kappa shape index (κ1) is 14.4. The summed E-state index contributed by atoms with van der Waals surface area (Å²) in [6.07, 6.45) is 1.36. The molecule has 4 nitrogen and oxygen atoms in total. The molecule has 1 aromatic rings. The molecule has 1 rings (SSSR count). The molecule has 0 fully saturated rings. The summed E-state index contributed by atoms with van der Waals surface area (Å²) < 4.78 is 11.0. The Morgan fingerprint density at radius 3 is 2.39 bits per heavy atom. The maximum atomic E-state index is 11.5. The molecule has 0 saturated carbocycles. The molecule has 18 heavy (non-hydrogen) atoms. The van der Waals surface area contributed by atoms with Crippen LogP contribution in [-0.4, -0.2) is 19.1 Å². The molecule has 1 amide bonds. The van der Waals surface area contributed by atoms with E-state index < -0.39 is 0 Å². The third-order valence-electron chi connectivity index (χ3n) is 2.30. The predicted octanol–water partition coefficient (Wildman–Crippen LogP) is 3.22. The van der Waals surface area contributed by atoms with Crippen LogP contribution in [0.25, 0.3) is 0 Å². The minimum atomic E-state index is 0.0177. The van der Waals surface area contributed by atoms with Crippen molar-refractivity contribution >= 4 is 11.6 Å². The number of ether oxygens (including phenoxy) is 2. The van der Waals surface area contributed by atoms with Gasteiger partial charge < -0.3 is 14.8 Å². The zero-order chi connectivity index (χ0) is 13.4. The lowest BCUT2D eigenvalue weighted by atomic mass is 10.2. The Kier molecular flexibility index (Phi) is 6.05. The third kappa shape index (κ3) is 4.28. The van der Waals surface area contributed by atoms with Gasteiger partial charge in [0.1, 0.15) is 0 Å². The molecule has 0 bridgehead atoms. The van der Waals surface area contributed by atoms with Gasteiger partial charge in [0, 0.05) is 18.2 Å². The second-order valence-corrected chi connectivity index (χ2v) is 3.83. The van der Waals surface area contributed by atoms with E-state index in [4.69, 9.17) is 9.47 Å². The summed E-state index contributed by atoms with van der Waals surface area (Å²) in [6, 6.07) is 5.43. The maximum Gasteiger partial charge on any atom is 0.224 e. The maximum absolute atomic E-state index is 11.5. The average Bonchev–Trinajstić information content (AvgIpc) is 2.33. The first-order valence-electron chi connectivity index (χ1n) is 6.40. The first-order chi connectivity index (χ1) is 8.71. The highest BCUT2D eigenvalue weighted by Gasteiger charge is 2.07. The van der Waals surface area contributed by atoms with E-state index in [-0.39, 0.29) is 5.91 Å². The standard InChI is InChI=1S/C14H21NO3/c1-4-7-14(16)15-11-8-9-12(17-5-2)13(10-11)18-6-3/h8-10H,4-7H2,1-3H3,(H,15,16). The number of benzene rings is 1. The topological polar surface area (TPSA) is 47.6 Å². The minimum Gasteiger partial charge on any atom is -0.490 e. The molecule has 0 spiro atoms. The second kappa shape index (κ2) is 7.58. The van der Waals surface area contributed by atoms with E-state index in [0.717, 1.165) is 12.1 Å². The van der Waals surface area contributed by atoms with Gasteiger partial charge in [-0.2, -0.15) is 0 Å². The molecule has 0 aliphatic carbocycles. The van der Waals surface area contributed by atoms with Crippen LogP contribution >= 0.6 is 0 Å². The predicted molar refractivity (Wildman–Crippen MR) is 72.3 cm³/mol. The minimum absolute atomic E-state index is 0.0177. The van der Waals surface area contributed by atoms with Gasteiger partial charge in [-0.05, 0) is 32.4 Å². The van der Waals surface area contributed by atoms with E-state index in [0.29, 0.717) is 31.1 Å². The van der Waals surface area contributed by atoms with Crippen LogP contribution in [0.3, 0.4) is 0 Å². The van der Waals surface area contributed by atoms with Crippen molar-refractivity contribution in [3.8, 4) is 11.5 Å². The lowest BCUT2D eigenvalue weighted by Gasteiger charge is -2.12. The normalized spacial score (nSPS) is 9.94. The van der Waals surface area contributed by atoms with Gasteiger partial charge in [0.2, 0.25) is 5.91 Å². The fraction of sp³-hybridized carbons (Fsp3) is 0.500. The zero-order valence-electron chi connectivity index (χ0n) is 11.3. The summed E-state index contributed by atoms with van der Waals surface area (Å²) in [7, 11) is 0. The van der Waals surface area contributed by atoms with Crippen LogP contribution in [-0.2, 0) is 4.79 Å². The van der Waals surface area contributed by atoms with E-state index >= 15 is 0 Å². The number of carbonyl (C=O) groups is 1. The lowest BCUT2D eigenvalue weighted by Crippen LogP contribution is -2.10. The van der Waals surface area contributed by atoms with E-state index in [2.05, 4.69) is 5.32 Å². The largest absolute Gasteiger partial charge is 0.490 e. The molecular weight excluding hydrogens is 230 g/mol. The van der Waals surface area contributed by atoms with Gasteiger partial charge >= 0.3 is 0 Å². The first-order valence-corrected chi connectivity index (χ1v) is 6.40. The highest BCUT2D eigenvalue weighted by atomic mass is 16.5. The van der Waals surface area contributed by atoms with Crippen molar-refractivity contribution in [2.45, 2.75) is 33.6 Å². The molecule has 1 N–H and O–H groups in total. The lowest BCUT2D eigenvalue weighted by molar-refractivity contribution is -0.116. The molecule has 0 unspecified atom stereocenters. The highest BCUT2D eigenvalue weighted by molar-refractivity contribution is 5.91. The van der Waals surface area contributed by atoms with Crippen LogP contribution in [0, 0.1) is 0 Å². The summed E-state index contributed by atoms with van der Waals surface area (Å²) in [5.74, 6) is 1.38. The Hall–Kier alpha value is -1.71. The molecule has 0 aromatic heterocycles. The molecular formula is C14H21NO3. The Morgan fingerprint density at radius 2 is 1.78 bits per heavy atom. The van der Waals surface area contributed by atoms with Gasteiger partial charge in [-0.1, -0.05) is 6.92 Å². The molecule has 4 heteroatoms. The van der Waals surface area contributed by atoms with Crippen molar-refractivity contribution < 1.29 is 14.3 Å². The smallest absolute Gasteiger partial charge is 0.224 e. The Bertz CT molecular complexity index is 391. The third-order valence-corrected chi connectivity index (χ3v) is 2.30. The quantitative estimate of drug-likeness (QED) is 0.809. The van der Waals surface area contributed by atoms with Gasteiger partial charge in [-0.25, -0.2) is 0 Å². The summed E-state index contributed by atoms with van der Waals surface area (Å²) in [6.45, 7) is 6.96. The van der Waals surface area contributed by atoms with Crippen molar-refractivity contribution in [1.82, 2.24) is 0 Å². The van der Waals surface area contributed by atoms with Crippen LogP contribution in [0.2, 0.25) is 0 Å². The van der Waals surface area contributed by atoms with Crippen LogP contribution in [0.1, 0.15) is 33.6 Å². The zero-order valence-corrected chi connectivity index (χ0v) is 11.3. The Balaban J connectivity index is 2.81. The van der Waals surface area contributed by atoms with Crippen LogP contribution in [0.4, 0.5) is 5.69 Å². The number of rotatable bonds is 7. The van der Waals surface area contributed by atoms with Gasteiger partial charge in [0.25, 0.3) is 0 Å².